The normalized spacial score (nSPS) is 11.4. The van der Waals surface area contributed by atoms with Crippen LogP contribution in [0.1, 0.15) is 10.4 Å². The predicted molar refractivity (Wildman–Crippen MR) is 98.2 cm³/mol. The van der Waals surface area contributed by atoms with Crippen molar-refractivity contribution < 1.29 is 4.79 Å². The lowest BCUT2D eigenvalue weighted by molar-refractivity contribution is 0.102. The van der Waals surface area contributed by atoms with Gasteiger partial charge in [-0.1, -0.05) is 30.0 Å². The quantitative estimate of drug-likeness (QED) is 0.346. The van der Waals surface area contributed by atoms with Gasteiger partial charge in [-0.15, -0.1) is 11.3 Å². The molecule has 0 aliphatic carbocycles. The lowest BCUT2D eigenvalue weighted by Gasteiger charge is -2.06. The van der Waals surface area contributed by atoms with Crippen LogP contribution in [0, 0.1) is 0 Å². The lowest BCUT2D eigenvalue weighted by atomic mass is 10.1. The van der Waals surface area contributed by atoms with E-state index in [0.717, 1.165) is 10.9 Å². The first kappa shape index (κ1) is 15.2. The Bertz CT molecular complexity index is 1120. The molecule has 3 heterocycles. The average molecular weight is 355 g/mol. The smallest absolute Gasteiger partial charge is 0.271 e. The van der Waals surface area contributed by atoms with Gasteiger partial charge in [0.15, 0.2) is 10.9 Å². The molecule has 0 fully saturated rings. The molecule has 0 radical (unpaired) electrons. The number of hydrogen-bond acceptors (Lipinski definition) is 5. The number of Topliss-reactive ketones (excluding diaryl/α,β-unsaturated/α-hetero) is 1. The van der Waals surface area contributed by atoms with Crippen LogP contribution in [0.3, 0.4) is 0 Å². The zero-order chi connectivity index (χ0) is 16.7. The first-order valence-electron chi connectivity index (χ1n) is 7.31. The van der Waals surface area contributed by atoms with Crippen molar-refractivity contribution in [3.05, 3.63) is 57.8 Å². The molecule has 0 aliphatic heterocycles. The topological polar surface area (TPSA) is 67.8 Å². The first-order chi connectivity index (χ1) is 11.6. The van der Waals surface area contributed by atoms with Crippen molar-refractivity contribution in [2.45, 2.75) is 5.16 Å². The molecule has 3 aromatic heterocycles. The number of benzene rings is 1. The van der Waals surface area contributed by atoms with E-state index in [1.54, 1.807) is 13.2 Å². The zero-order valence-corrected chi connectivity index (χ0v) is 14.4. The number of thiophene rings is 1. The third-order valence-electron chi connectivity index (χ3n) is 3.87. The molecule has 0 saturated carbocycles. The van der Waals surface area contributed by atoms with Gasteiger partial charge in [0.2, 0.25) is 0 Å². The van der Waals surface area contributed by atoms with E-state index in [2.05, 4.69) is 9.97 Å². The van der Waals surface area contributed by atoms with Gasteiger partial charge in [0.05, 0.1) is 11.3 Å². The molecule has 5 nitrogen and oxygen atoms in total. The summed E-state index contributed by atoms with van der Waals surface area (Å²) in [6.07, 6.45) is 1.74. The molecular weight excluding hydrogens is 342 g/mol. The molecule has 1 aromatic carbocycles. The fraction of sp³-hybridized carbons (Fsp3) is 0.118. The summed E-state index contributed by atoms with van der Waals surface area (Å²) in [6.45, 7) is 0. The van der Waals surface area contributed by atoms with Crippen LogP contribution in [-0.4, -0.2) is 26.1 Å². The number of hydrogen-bond donors (Lipinski definition) is 1. The molecular formula is C17H13N3O2S2. The maximum absolute atomic E-state index is 12.5. The Hall–Kier alpha value is -2.38. The van der Waals surface area contributed by atoms with Gasteiger partial charge in [0.1, 0.15) is 4.70 Å². The van der Waals surface area contributed by atoms with Gasteiger partial charge in [-0.05, 0) is 17.5 Å². The van der Waals surface area contributed by atoms with Gasteiger partial charge >= 0.3 is 0 Å². The maximum atomic E-state index is 12.5. The Kier molecular flexibility index (Phi) is 3.74. The molecule has 0 spiro atoms. The maximum Gasteiger partial charge on any atom is 0.271 e. The van der Waals surface area contributed by atoms with Crippen molar-refractivity contribution >= 4 is 50.0 Å². The van der Waals surface area contributed by atoms with Gasteiger partial charge < -0.3 is 4.98 Å². The predicted octanol–water partition coefficient (Wildman–Crippen LogP) is 3.45. The highest BCUT2D eigenvalue weighted by atomic mass is 32.2. The van der Waals surface area contributed by atoms with Crippen LogP contribution in [0.5, 0.6) is 0 Å². The van der Waals surface area contributed by atoms with Gasteiger partial charge in [-0.25, -0.2) is 4.98 Å². The Morgan fingerprint density at radius 3 is 3.04 bits per heavy atom. The van der Waals surface area contributed by atoms with E-state index in [4.69, 9.17) is 0 Å². The number of aromatic amines is 1. The van der Waals surface area contributed by atoms with Gasteiger partial charge in [0.25, 0.3) is 5.56 Å². The third-order valence-corrected chi connectivity index (χ3v) is 5.79. The second kappa shape index (κ2) is 5.92. The number of ketones is 1. The standard InChI is InChI=1S/C17H13N3O2S2/c1-20-16(22)15-13(6-7-23-15)19-17(20)24-9-14(21)11-8-18-12-5-3-2-4-10(11)12/h2-8,18H,9H2,1H3. The molecule has 0 unspecified atom stereocenters. The molecule has 120 valence electrons. The summed E-state index contributed by atoms with van der Waals surface area (Å²) in [5.41, 5.74) is 2.22. The van der Waals surface area contributed by atoms with E-state index in [1.165, 1.54) is 27.7 Å². The van der Waals surface area contributed by atoms with E-state index in [9.17, 15) is 9.59 Å². The van der Waals surface area contributed by atoms with E-state index in [1.807, 2.05) is 35.7 Å². The number of carbonyl (C=O) groups excluding carboxylic acids is 1. The highest BCUT2D eigenvalue weighted by Gasteiger charge is 2.15. The summed E-state index contributed by atoms with van der Waals surface area (Å²) < 4.78 is 2.15. The molecule has 4 aromatic rings. The van der Waals surface area contributed by atoms with Crippen molar-refractivity contribution in [2.75, 3.05) is 5.75 Å². The Balaban J connectivity index is 1.62. The molecule has 0 aliphatic rings. The number of H-pyrrole nitrogens is 1. The summed E-state index contributed by atoms with van der Waals surface area (Å²) in [6, 6.07) is 9.53. The van der Waals surface area contributed by atoms with Crippen LogP contribution in [-0.2, 0) is 7.05 Å². The number of nitrogens with zero attached hydrogens (tertiary/aromatic N) is 2. The van der Waals surface area contributed by atoms with Crippen LogP contribution in [0.4, 0.5) is 0 Å². The van der Waals surface area contributed by atoms with Crippen molar-refractivity contribution in [1.82, 2.24) is 14.5 Å². The van der Waals surface area contributed by atoms with Gasteiger partial charge in [0, 0.05) is 29.7 Å². The zero-order valence-electron chi connectivity index (χ0n) is 12.8. The van der Waals surface area contributed by atoms with Crippen LogP contribution >= 0.6 is 23.1 Å². The van der Waals surface area contributed by atoms with Crippen molar-refractivity contribution in [3.63, 3.8) is 0 Å². The van der Waals surface area contributed by atoms with Crippen molar-refractivity contribution in [3.8, 4) is 0 Å². The summed E-state index contributed by atoms with van der Waals surface area (Å²) in [4.78, 5) is 32.4. The monoisotopic (exact) mass is 355 g/mol. The summed E-state index contributed by atoms with van der Waals surface area (Å²) >= 11 is 2.67. The van der Waals surface area contributed by atoms with Gasteiger partial charge in [-0.2, -0.15) is 0 Å². The van der Waals surface area contributed by atoms with Crippen LogP contribution in [0.15, 0.2) is 51.9 Å². The fourth-order valence-electron chi connectivity index (χ4n) is 2.61. The van der Waals surface area contributed by atoms with Gasteiger partial charge in [-0.3, -0.25) is 14.2 Å². The van der Waals surface area contributed by atoms with E-state index >= 15 is 0 Å². The van der Waals surface area contributed by atoms with E-state index in [0.29, 0.717) is 20.9 Å². The Labute approximate surface area is 145 Å². The average Bonchev–Trinajstić information content (AvgIpc) is 3.23. The molecule has 0 bridgehead atoms. The van der Waals surface area contributed by atoms with Crippen molar-refractivity contribution in [2.24, 2.45) is 7.05 Å². The largest absolute Gasteiger partial charge is 0.360 e. The van der Waals surface area contributed by atoms with E-state index < -0.39 is 0 Å². The molecule has 0 atom stereocenters. The van der Waals surface area contributed by atoms with Crippen LogP contribution in [0.25, 0.3) is 21.1 Å². The number of aromatic nitrogens is 3. The highest BCUT2D eigenvalue weighted by Crippen LogP contribution is 2.23. The molecule has 0 amide bonds. The third kappa shape index (κ3) is 2.46. The van der Waals surface area contributed by atoms with Crippen molar-refractivity contribution in [1.29, 1.82) is 0 Å². The molecule has 7 heteroatoms. The lowest BCUT2D eigenvalue weighted by Crippen LogP contribution is -2.19. The van der Waals surface area contributed by atoms with Crippen LogP contribution < -0.4 is 5.56 Å². The second-order valence-electron chi connectivity index (χ2n) is 5.35. The SMILES string of the molecule is Cn1c(SCC(=O)c2c[nH]c3ccccc23)nc2ccsc2c1=O. The molecule has 4 rings (SSSR count). The fourth-order valence-corrected chi connectivity index (χ4v) is 4.27. The second-order valence-corrected chi connectivity index (χ2v) is 7.21. The van der Waals surface area contributed by atoms with Crippen LogP contribution in [0.2, 0.25) is 0 Å². The summed E-state index contributed by atoms with van der Waals surface area (Å²) in [5, 5.41) is 3.32. The number of para-hydroxylation sites is 1. The number of carbonyl (C=O) groups is 1. The summed E-state index contributed by atoms with van der Waals surface area (Å²) in [7, 11) is 1.69. The Morgan fingerprint density at radius 2 is 2.17 bits per heavy atom. The Morgan fingerprint density at radius 1 is 1.33 bits per heavy atom. The molecule has 0 saturated heterocycles. The minimum absolute atomic E-state index is 0.0112. The number of nitrogens with one attached hydrogen (secondary N) is 1. The van der Waals surface area contributed by atoms with E-state index in [-0.39, 0.29) is 17.1 Å². The molecule has 1 N–H and O–H groups in total. The highest BCUT2D eigenvalue weighted by molar-refractivity contribution is 7.99. The number of fused-ring (bicyclic) bond motifs is 2. The minimum Gasteiger partial charge on any atom is -0.360 e. The molecule has 24 heavy (non-hydrogen) atoms. The minimum atomic E-state index is -0.0722. The number of thioether (sulfide) groups is 1. The summed E-state index contributed by atoms with van der Waals surface area (Å²) in [5.74, 6) is 0.245. The number of rotatable bonds is 4. The first-order valence-corrected chi connectivity index (χ1v) is 9.18.